The first-order chi connectivity index (χ1) is 12.8. The minimum Gasteiger partial charge on any atom is -0.306 e. The predicted octanol–water partition coefficient (Wildman–Crippen LogP) is 5.59. The number of halogens is 3. The molecule has 10 heteroatoms. The highest BCUT2D eigenvalue weighted by molar-refractivity contribution is 14.1. The summed E-state index contributed by atoms with van der Waals surface area (Å²) in [5.74, 6) is -1.64. The molecule has 0 saturated carbocycles. The van der Waals surface area contributed by atoms with Crippen LogP contribution in [0.2, 0.25) is 0 Å². The van der Waals surface area contributed by atoms with Crippen molar-refractivity contribution in [3.05, 3.63) is 66.1 Å². The summed E-state index contributed by atoms with van der Waals surface area (Å²) in [5, 5.41) is 9.51. The zero-order chi connectivity index (χ0) is 20.1. The Kier molecular flexibility index (Phi) is 6.70. The summed E-state index contributed by atoms with van der Waals surface area (Å²) < 4.78 is 28.6. The number of hydrazone groups is 1. The summed E-state index contributed by atoms with van der Waals surface area (Å²) in [6.45, 7) is 4.98. The standard InChI is InChI=1S/C17H15F2IN6O/c1-8-5-4-6-9(2)15(8)23-17(27)25-22-7-11-12(18)10(3)16(24-26-21)13(19)14(11)20/h4-7H,1-3H3,(H2,23,25,27)/b22-7+. The normalized spacial score (nSPS) is 10.6. The molecule has 0 bridgehead atoms. The Morgan fingerprint density at radius 1 is 1.22 bits per heavy atom. The molecule has 0 saturated heterocycles. The summed E-state index contributed by atoms with van der Waals surface area (Å²) in [4.78, 5) is 14.5. The molecule has 140 valence electrons. The minimum absolute atomic E-state index is 0.112. The Bertz CT molecular complexity index is 937. The Morgan fingerprint density at radius 3 is 2.44 bits per heavy atom. The molecule has 0 radical (unpaired) electrons. The van der Waals surface area contributed by atoms with E-state index in [0.29, 0.717) is 5.69 Å². The van der Waals surface area contributed by atoms with Crippen molar-refractivity contribution in [3.8, 4) is 0 Å². The van der Waals surface area contributed by atoms with E-state index in [1.165, 1.54) is 6.92 Å². The molecule has 2 N–H and O–H groups in total. The molecule has 0 spiro atoms. The van der Waals surface area contributed by atoms with Gasteiger partial charge in [0.15, 0.2) is 0 Å². The van der Waals surface area contributed by atoms with Gasteiger partial charge in [-0.05, 0) is 65.6 Å². The lowest BCUT2D eigenvalue weighted by atomic mass is 10.1. The fourth-order valence-corrected chi connectivity index (χ4v) is 3.01. The number of amides is 2. The predicted molar refractivity (Wildman–Crippen MR) is 108 cm³/mol. The number of aryl methyl sites for hydroxylation is 2. The van der Waals surface area contributed by atoms with Crippen LogP contribution in [0.25, 0.3) is 10.4 Å². The van der Waals surface area contributed by atoms with Crippen molar-refractivity contribution in [1.29, 1.82) is 0 Å². The van der Waals surface area contributed by atoms with Crippen molar-refractivity contribution in [2.24, 2.45) is 10.2 Å². The fourth-order valence-electron chi connectivity index (χ4n) is 2.37. The quantitative estimate of drug-likeness (QED) is 0.110. The summed E-state index contributed by atoms with van der Waals surface area (Å²) in [6.07, 6.45) is 0.997. The Morgan fingerprint density at radius 2 is 1.85 bits per heavy atom. The number of benzene rings is 2. The van der Waals surface area contributed by atoms with E-state index in [1.807, 2.05) is 32.0 Å². The van der Waals surface area contributed by atoms with Gasteiger partial charge in [-0.25, -0.2) is 19.0 Å². The van der Waals surface area contributed by atoms with Gasteiger partial charge in [0.1, 0.15) is 11.6 Å². The zero-order valence-electron chi connectivity index (χ0n) is 14.6. The molecule has 2 aromatic rings. The van der Waals surface area contributed by atoms with Crippen LogP contribution in [0.15, 0.2) is 28.4 Å². The molecular formula is C17H15F2IN6O. The number of carbonyl (C=O) groups excluding carboxylic acids is 1. The molecule has 2 rings (SSSR count). The molecule has 0 fully saturated rings. The number of carbonyl (C=O) groups is 1. The average Bonchev–Trinajstić information content (AvgIpc) is 2.63. The molecule has 0 aliphatic carbocycles. The Hall–Kier alpha value is -2.72. The number of nitrogens with one attached hydrogen (secondary N) is 2. The highest BCUT2D eigenvalue weighted by atomic mass is 127. The maximum Gasteiger partial charge on any atom is 0.339 e. The number of hydrogen-bond donors (Lipinski definition) is 2. The Balaban J connectivity index is 2.21. The molecule has 27 heavy (non-hydrogen) atoms. The van der Waals surface area contributed by atoms with Crippen LogP contribution in [0.1, 0.15) is 22.3 Å². The van der Waals surface area contributed by atoms with Crippen LogP contribution in [0.5, 0.6) is 0 Å². The number of azide groups is 1. The van der Waals surface area contributed by atoms with Gasteiger partial charge in [0.25, 0.3) is 0 Å². The smallest absolute Gasteiger partial charge is 0.306 e. The number of rotatable bonds is 4. The van der Waals surface area contributed by atoms with E-state index in [1.54, 1.807) is 22.6 Å². The van der Waals surface area contributed by atoms with E-state index >= 15 is 0 Å². The van der Waals surface area contributed by atoms with Gasteiger partial charge in [-0.15, -0.1) is 0 Å². The lowest BCUT2D eigenvalue weighted by molar-refractivity contribution is 0.252. The molecule has 0 atom stereocenters. The van der Waals surface area contributed by atoms with Crippen LogP contribution in [-0.2, 0) is 0 Å². The van der Waals surface area contributed by atoms with E-state index in [4.69, 9.17) is 5.53 Å². The first-order valence-corrected chi connectivity index (χ1v) is 8.74. The van der Waals surface area contributed by atoms with Gasteiger partial charge in [-0.1, -0.05) is 23.3 Å². The highest BCUT2D eigenvalue weighted by Crippen LogP contribution is 2.32. The van der Waals surface area contributed by atoms with Crippen molar-refractivity contribution in [2.45, 2.75) is 20.8 Å². The number of urea groups is 1. The first-order valence-electron chi connectivity index (χ1n) is 7.66. The fraction of sp³-hybridized carbons (Fsp3) is 0.176. The van der Waals surface area contributed by atoms with Crippen molar-refractivity contribution in [1.82, 2.24) is 5.43 Å². The number of para-hydroxylation sites is 1. The summed E-state index contributed by atoms with van der Waals surface area (Å²) >= 11 is 1.58. The van der Waals surface area contributed by atoms with E-state index in [9.17, 15) is 13.6 Å². The van der Waals surface area contributed by atoms with E-state index in [-0.39, 0.29) is 14.7 Å². The topological polar surface area (TPSA) is 102 Å². The van der Waals surface area contributed by atoms with Crippen molar-refractivity contribution >= 4 is 46.2 Å². The van der Waals surface area contributed by atoms with E-state index in [0.717, 1.165) is 17.3 Å². The number of anilines is 1. The second-order valence-electron chi connectivity index (χ2n) is 5.61. The highest BCUT2D eigenvalue weighted by Gasteiger charge is 2.19. The monoisotopic (exact) mass is 484 g/mol. The first kappa shape index (κ1) is 20.6. The lowest BCUT2D eigenvalue weighted by Gasteiger charge is -2.11. The van der Waals surface area contributed by atoms with Crippen LogP contribution in [-0.4, -0.2) is 12.2 Å². The van der Waals surface area contributed by atoms with E-state index in [2.05, 4.69) is 25.9 Å². The van der Waals surface area contributed by atoms with Crippen LogP contribution in [0.3, 0.4) is 0 Å². The summed E-state index contributed by atoms with van der Waals surface area (Å²) in [5.41, 5.74) is 12.4. The zero-order valence-corrected chi connectivity index (χ0v) is 16.8. The third-order valence-corrected chi connectivity index (χ3v) is 4.84. The second kappa shape index (κ2) is 8.78. The molecule has 7 nitrogen and oxygen atoms in total. The lowest BCUT2D eigenvalue weighted by Crippen LogP contribution is -2.25. The molecule has 0 heterocycles. The number of nitrogens with zero attached hydrogens (tertiary/aromatic N) is 4. The van der Waals surface area contributed by atoms with Gasteiger partial charge < -0.3 is 5.32 Å². The summed E-state index contributed by atoms with van der Waals surface area (Å²) in [7, 11) is 0. The molecule has 0 aromatic heterocycles. The molecule has 0 aliphatic heterocycles. The van der Waals surface area contributed by atoms with E-state index < -0.39 is 23.4 Å². The van der Waals surface area contributed by atoms with Gasteiger partial charge in [-0.2, -0.15) is 5.10 Å². The summed E-state index contributed by atoms with van der Waals surface area (Å²) in [6, 6.07) is 4.94. The van der Waals surface area contributed by atoms with Gasteiger partial charge in [0.2, 0.25) is 0 Å². The van der Waals surface area contributed by atoms with Crippen LogP contribution >= 0.6 is 22.6 Å². The van der Waals surface area contributed by atoms with Crippen molar-refractivity contribution in [3.63, 3.8) is 0 Å². The maximum absolute atomic E-state index is 14.4. The van der Waals surface area contributed by atoms with Gasteiger partial charge >= 0.3 is 6.03 Å². The molecule has 2 amide bonds. The second-order valence-corrected chi connectivity index (χ2v) is 6.69. The molecular weight excluding hydrogens is 469 g/mol. The largest absolute Gasteiger partial charge is 0.339 e. The number of hydrogen-bond acceptors (Lipinski definition) is 3. The maximum atomic E-state index is 14.4. The SMILES string of the molecule is Cc1cccc(C)c1NC(=O)N/N=C/c1c(F)c(C)c(N=[N+]=[N-])c(F)c1I. The van der Waals surface area contributed by atoms with Crippen LogP contribution in [0.4, 0.5) is 25.0 Å². The molecule has 0 unspecified atom stereocenters. The Labute approximate surface area is 167 Å². The van der Waals surface area contributed by atoms with Crippen molar-refractivity contribution in [2.75, 3.05) is 5.32 Å². The molecule has 2 aromatic carbocycles. The minimum atomic E-state index is -0.853. The third-order valence-electron chi connectivity index (χ3n) is 3.78. The van der Waals surface area contributed by atoms with Gasteiger partial charge in [0.05, 0.1) is 15.5 Å². The third kappa shape index (κ3) is 4.52. The van der Waals surface area contributed by atoms with Crippen LogP contribution in [0, 0.1) is 36.0 Å². The van der Waals surface area contributed by atoms with Crippen LogP contribution < -0.4 is 10.7 Å². The van der Waals surface area contributed by atoms with Gasteiger partial charge in [0, 0.05) is 16.2 Å². The average molecular weight is 484 g/mol. The van der Waals surface area contributed by atoms with Crippen molar-refractivity contribution < 1.29 is 13.6 Å². The van der Waals surface area contributed by atoms with Gasteiger partial charge in [-0.3, -0.25) is 0 Å². The molecule has 0 aliphatic rings.